The molecule has 0 N–H and O–H groups in total. The molecule has 0 atom stereocenters. The van der Waals surface area contributed by atoms with Gasteiger partial charge in [-0.2, -0.15) is 0 Å². The SMILES string of the molecule is C=C1C=CC=C(C)C1.CC.Cc1ccccc1. The Morgan fingerprint density at radius 3 is 1.88 bits per heavy atom. The van der Waals surface area contributed by atoms with E-state index in [2.05, 4.69) is 38.6 Å². The average Bonchev–Trinajstić information content (AvgIpc) is 2.33. The highest BCUT2D eigenvalue weighted by molar-refractivity contribution is 5.31. The number of hydrogen-bond donors (Lipinski definition) is 0. The highest BCUT2D eigenvalue weighted by Crippen LogP contribution is 2.13. The maximum Gasteiger partial charge on any atom is -0.00726 e. The van der Waals surface area contributed by atoms with Crippen molar-refractivity contribution in [1.82, 2.24) is 0 Å². The number of benzene rings is 1. The Morgan fingerprint density at radius 1 is 1.00 bits per heavy atom. The molecule has 0 saturated heterocycles. The van der Waals surface area contributed by atoms with Gasteiger partial charge in [-0.05, 0) is 20.3 Å². The fourth-order valence-corrected chi connectivity index (χ4v) is 1.36. The van der Waals surface area contributed by atoms with Gasteiger partial charge < -0.3 is 0 Å². The zero-order valence-corrected chi connectivity index (χ0v) is 11.5. The van der Waals surface area contributed by atoms with Crippen LogP contribution < -0.4 is 0 Å². The van der Waals surface area contributed by atoms with Crippen LogP contribution in [0.2, 0.25) is 0 Å². The van der Waals surface area contributed by atoms with Crippen LogP contribution in [-0.2, 0) is 0 Å². The van der Waals surface area contributed by atoms with Crippen LogP contribution in [0.5, 0.6) is 0 Å². The van der Waals surface area contributed by atoms with Gasteiger partial charge in [-0.3, -0.25) is 0 Å². The van der Waals surface area contributed by atoms with E-state index in [9.17, 15) is 0 Å². The third kappa shape index (κ3) is 8.27. The quantitative estimate of drug-likeness (QED) is 0.552. The van der Waals surface area contributed by atoms with Crippen molar-refractivity contribution in [2.24, 2.45) is 0 Å². The summed E-state index contributed by atoms with van der Waals surface area (Å²) in [4.78, 5) is 0. The van der Waals surface area contributed by atoms with E-state index in [0.29, 0.717) is 0 Å². The third-order valence-corrected chi connectivity index (χ3v) is 2.16. The molecule has 0 bridgehead atoms. The summed E-state index contributed by atoms with van der Waals surface area (Å²) in [7, 11) is 0. The van der Waals surface area contributed by atoms with Crippen molar-refractivity contribution in [2.45, 2.75) is 34.1 Å². The van der Waals surface area contributed by atoms with Crippen LogP contribution in [0.3, 0.4) is 0 Å². The first-order valence-electron chi connectivity index (χ1n) is 6.22. The molecule has 92 valence electrons. The highest BCUT2D eigenvalue weighted by Gasteiger charge is 1.93. The molecular weight excluding hydrogens is 204 g/mol. The highest BCUT2D eigenvalue weighted by atomic mass is 14.0. The van der Waals surface area contributed by atoms with Gasteiger partial charge in [0.15, 0.2) is 0 Å². The van der Waals surface area contributed by atoms with Crippen molar-refractivity contribution in [3.05, 3.63) is 71.8 Å². The summed E-state index contributed by atoms with van der Waals surface area (Å²) in [5, 5.41) is 0. The minimum atomic E-state index is 1.05. The zero-order valence-electron chi connectivity index (χ0n) is 11.5. The van der Waals surface area contributed by atoms with Crippen LogP contribution >= 0.6 is 0 Å². The van der Waals surface area contributed by atoms with Gasteiger partial charge in [0, 0.05) is 0 Å². The summed E-state index contributed by atoms with van der Waals surface area (Å²) in [5.74, 6) is 0. The maximum absolute atomic E-state index is 3.84. The Hall–Kier alpha value is -1.56. The lowest BCUT2D eigenvalue weighted by molar-refractivity contribution is 1.14. The summed E-state index contributed by atoms with van der Waals surface area (Å²) < 4.78 is 0. The van der Waals surface area contributed by atoms with E-state index in [0.717, 1.165) is 6.42 Å². The van der Waals surface area contributed by atoms with E-state index >= 15 is 0 Å². The second-order valence-electron chi connectivity index (χ2n) is 3.86. The van der Waals surface area contributed by atoms with Gasteiger partial charge in [0.05, 0.1) is 0 Å². The zero-order chi connectivity index (χ0) is 13.1. The van der Waals surface area contributed by atoms with Crippen molar-refractivity contribution in [3.8, 4) is 0 Å². The molecule has 0 saturated carbocycles. The van der Waals surface area contributed by atoms with Gasteiger partial charge in [0.1, 0.15) is 0 Å². The van der Waals surface area contributed by atoms with Crippen LogP contribution in [0.4, 0.5) is 0 Å². The van der Waals surface area contributed by atoms with Crippen LogP contribution in [0.15, 0.2) is 66.3 Å². The van der Waals surface area contributed by atoms with E-state index in [1.54, 1.807) is 0 Å². The van der Waals surface area contributed by atoms with E-state index in [1.165, 1.54) is 16.7 Å². The lowest BCUT2D eigenvalue weighted by Crippen LogP contribution is -1.83. The van der Waals surface area contributed by atoms with Crippen molar-refractivity contribution in [3.63, 3.8) is 0 Å². The monoisotopic (exact) mass is 228 g/mol. The Bertz CT molecular complexity index is 366. The normalized spacial score (nSPS) is 12.7. The summed E-state index contributed by atoms with van der Waals surface area (Å²) in [6.45, 7) is 12.0. The molecule has 1 aliphatic carbocycles. The second-order valence-corrected chi connectivity index (χ2v) is 3.86. The maximum atomic E-state index is 3.84. The summed E-state index contributed by atoms with van der Waals surface area (Å²) >= 11 is 0. The van der Waals surface area contributed by atoms with Crippen LogP contribution in [-0.4, -0.2) is 0 Å². The molecule has 0 radical (unpaired) electrons. The van der Waals surface area contributed by atoms with Gasteiger partial charge in [0.2, 0.25) is 0 Å². The molecule has 0 aliphatic heterocycles. The Labute approximate surface area is 106 Å². The van der Waals surface area contributed by atoms with Crippen LogP contribution in [0, 0.1) is 6.92 Å². The topological polar surface area (TPSA) is 0 Å². The molecule has 2 rings (SSSR count). The van der Waals surface area contributed by atoms with Crippen LogP contribution in [0.25, 0.3) is 0 Å². The first kappa shape index (κ1) is 15.4. The second kappa shape index (κ2) is 9.65. The molecule has 0 heterocycles. The third-order valence-electron chi connectivity index (χ3n) is 2.16. The molecule has 0 heteroatoms. The number of aryl methyl sites for hydroxylation is 1. The van der Waals surface area contributed by atoms with Gasteiger partial charge in [-0.15, -0.1) is 0 Å². The minimum absolute atomic E-state index is 1.05. The molecule has 1 aliphatic rings. The van der Waals surface area contributed by atoms with Crippen molar-refractivity contribution < 1.29 is 0 Å². The summed E-state index contributed by atoms with van der Waals surface area (Å²) in [6, 6.07) is 10.3. The molecule has 0 nitrogen and oxygen atoms in total. The van der Waals surface area contributed by atoms with Crippen LogP contribution in [0.1, 0.15) is 32.8 Å². The van der Waals surface area contributed by atoms with Gasteiger partial charge >= 0.3 is 0 Å². The lowest BCUT2D eigenvalue weighted by Gasteiger charge is -2.03. The molecule has 0 spiro atoms. The first-order valence-corrected chi connectivity index (χ1v) is 6.22. The Kier molecular flexibility index (Phi) is 8.77. The average molecular weight is 228 g/mol. The minimum Gasteiger partial charge on any atom is -0.0955 e. The van der Waals surface area contributed by atoms with Gasteiger partial charge in [0.25, 0.3) is 0 Å². The van der Waals surface area contributed by atoms with Crippen molar-refractivity contribution in [2.75, 3.05) is 0 Å². The molecular formula is C17H24. The van der Waals surface area contributed by atoms with E-state index < -0.39 is 0 Å². The lowest BCUT2D eigenvalue weighted by atomic mass is 10.0. The molecule has 0 aromatic heterocycles. The predicted octanol–water partition coefficient (Wildman–Crippen LogP) is 5.47. The molecule has 17 heavy (non-hydrogen) atoms. The summed E-state index contributed by atoms with van der Waals surface area (Å²) in [5.41, 5.74) is 3.94. The number of hydrogen-bond acceptors (Lipinski definition) is 0. The van der Waals surface area contributed by atoms with E-state index in [4.69, 9.17) is 0 Å². The smallest absolute Gasteiger partial charge is 0.00726 e. The standard InChI is InChI=1S/C8H10.C7H8.C2H6/c1-7-4-3-5-8(2)6-7;1-7-5-3-2-4-6-7;1-2/h3-5H,1,6H2,2H3;2-6H,1H3;1-2H3. The Balaban J connectivity index is 0.000000265. The fourth-order valence-electron chi connectivity index (χ4n) is 1.36. The van der Waals surface area contributed by atoms with Crippen molar-refractivity contribution in [1.29, 1.82) is 0 Å². The molecule has 0 unspecified atom stereocenters. The van der Waals surface area contributed by atoms with Gasteiger partial charge in [-0.1, -0.05) is 85.7 Å². The fraction of sp³-hybridized carbons (Fsp3) is 0.294. The number of allylic oxidation sites excluding steroid dienone is 5. The summed E-state index contributed by atoms with van der Waals surface area (Å²) in [6.07, 6.45) is 7.26. The van der Waals surface area contributed by atoms with E-state index in [-0.39, 0.29) is 0 Å². The van der Waals surface area contributed by atoms with Gasteiger partial charge in [-0.25, -0.2) is 0 Å². The largest absolute Gasteiger partial charge is 0.0955 e. The number of rotatable bonds is 0. The first-order chi connectivity index (χ1) is 8.18. The Morgan fingerprint density at radius 2 is 1.59 bits per heavy atom. The van der Waals surface area contributed by atoms with Crippen molar-refractivity contribution >= 4 is 0 Å². The molecule has 1 aromatic carbocycles. The molecule has 1 aromatic rings. The molecule has 0 fully saturated rings. The van der Waals surface area contributed by atoms with E-state index in [1.807, 2.05) is 44.2 Å². The predicted molar refractivity (Wildman–Crippen MR) is 79.2 cm³/mol. The molecule has 0 amide bonds.